The molecule has 1 heterocycles. The molecule has 1 aromatic carbocycles. The number of benzene rings is 1. The standard InChI is InChI=1S/C12H13FN2O/c1-15-11(12(6-14)7-16-8-12)9-3-2-4-10(13)5-9/h2-5,11,15H,7-8H2,1H3. The highest BCUT2D eigenvalue weighted by Gasteiger charge is 2.46. The Labute approximate surface area is 93.8 Å². The maximum Gasteiger partial charge on any atom is 0.123 e. The van der Waals surface area contributed by atoms with Crippen LogP contribution in [0.5, 0.6) is 0 Å². The van der Waals surface area contributed by atoms with Gasteiger partial charge in [0, 0.05) is 0 Å². The lowest BCUT2D eigenvalue weighted by Gasteiger charge is -2.41. The van der Waals surface area contributed by atoms with Crippen LogP contribution in [0.2, 0.25) is 0 Å². The minimum absolute atomic E-state index is 0.193. The third-order valence-corrected chi connectivity index (χ3v) is 2.97. The van der Waals surface area contributed by atoms with E-state index in [2.05, 4.69) is 11.4 Å². The van der Waals surface area contributed by atoms with Crippen LogP contribution in [0.4, 0.5) is 4.39 Å². The van der Waals surface area contributed by atoms with Crippen molar-refractivity contribution in [2.75, 3.05) is 20.3 Å². The first-order valence-corrected chi connectivity index (χ1v) is 5.13. The predicted octanol–water partition coefficient (Wildman–Crippen LogP) is 1.63. The third-order valence-electron chi connectivity index (χ3n) is 2.97. The predicted molar refractivity (Wildman–Crippen MR) is 57.1 cm³/mol. The van der Waals surface area contributed by atoms with E-state index in [1.54, 1.807) is 13.1 Å². The summed E-state index contributed by atoms with van der Waals surface area (Å²) in [5.74, 6) is -0.286. The normalized spacial score (nSPS) is 19.6. The molecular weight excluding hydrogens is 207 g/mol. The smallest absolute Gasteiger partial charge is 0.123 e. The third kappa shape index (κ3) is 1.69. The van der Waals surface area contributed by atoms with E-state index in [9.17, 15) is 9.65 Å². The summed E-state index contributed by atoms with van der Waals surface area (Å²) < 4.78 is 18.2. The van der Waals surface area contributed by atoms with Crippen molar-refractivity contribution in [3.63, 3.8) is 0 Å². The molecule has 1 aliphatic heterocycles. The molecule has 0 spiro atoms. The molecule has 3 nitrogen and oxygen atoms in total. The number of hydrogen-bond donors (Lipinski definition) is 1. The van der Waals surface area contributed by atoms with Gasteiger partial charge in [0.1, 0.15) is 11.2 Å². The van der Waals surface area contributed by atoms with Crippen LogP contribution in [-0.2, 0) is 4.74 Å². The van der Waals surface area contributed by atoms with Gasteiger partial charge in [0.15, 0.2) is 0 Å². The van der Waals surface area contributed by atoms with Crippen molar-refractivity contribution in [3.8, 4) is 6.07 Å². The zero-order chi connectivity index (χ0) is 11.6. The molecule has 0 saturated carbocycles. The molecule has 0 aliphatic carbocycles. The van der Waals surface area contributed by atoms with Crippen LogP contribution in [0.1, 0.15) is 11.6 Å². The Morgan fingerprint density at radius 3 is 2.75 bits per heavy atom. The maximum absolute atomic E-state index is 13.1. The summed E-state index contributed by atoms with van der Waals surface area (Å²) in [5.41, 5.74) is 0.218. The number of ether oxygens (including phenoxy) is 1. The van der Waals surface area contributed by atoms with Gasteiger partial charge in [-0.3, -0.25) is 0 Å². The molecule has 2 rings (SSSR count). The number of halogens is 1. The van der Waals surface area contributed by atoms with Gasteiger partial charge in [-0.15, -0.1) is 0 Å². The Morgan fingerprint density at radius 1 is 1.56 bits per heavy atom. The van der Waals surface area contributed by atoms with Crippen LogP contribution in [0, 0.1) is 22.6 Å². The molecule has 1 atom stereocenters. The molecular formula is C12H13FN2O. The molecule has 1 saturated heterocycles. The first-order valence-electron chi connectivity index (χ1n) is 5.13. The van der Waals surface area contributed by atoms with E-state index in [1.807, 2.05) is 6.07 Å². The first-order chi connectivity index (χ1) is 7.72. The Balaban J connectivity index is 2.33. The monoisotopic (exact) mass is 220 g/mol. The van der Waals surface area contributed by atoms with E-state index >= 15 is 0 Å². The molecule has 16 heavy (non-hydrogen) atoms. The highest BCUT2D eigenvalue weighted by atomic mass is 19.1. The van der Waals surface area contributed by atoms with Gasteiger partial charge in [0.25, 0.3) is 0 Å². The van der Waals surface area contributed by atoms with Crippen LogP contribution in [0.3, 0.4) is 0 Å². The van der Waals surface area contributed by atoms with Gasteiger partial charge in [0.2, 0.25) is 0 Å². The molecule has 84 valence electrons. The van der Waals surface area contributed by atoms with Gasteiger partial charge in [-0.2, -0.15) is 5.26 Å². The Morgan fingerprint density at radius 2 is 2.31 bits per heavy atom. The fourth-order valence-electron chi connectivity index (χ4n) is 2.07. The summed E-state index contributed by atoms with van der Waals surface area (Å²) in [6, 6.07) is 8.41. The van der Waals surface area contributed by atoms with Gasteiger partial charge in [-0.1, -0.05) is 12.1 Å². The maximum atomic E-state index is 13.1. The minimum Gasteiger partial charge on any atom is -0.378 e. The Hall–Kier alpha value is -1.44. The molecule has 0 radical (unpaired) electrons. The topological polar surface area (TPSA) is 45.0 Å². The van der Waals surface area contributed by atoms with Gasteiger partial charge in [-0.05, 0) is 24.7 Å². The molecule has 0 amide bonds. The summed E-state index contributed by atoms with van der Waals surface area (Å²) >= 11 is 0. The van der Waals surface area contributed by atoms with Crippen LogP contribution in [0.25, 0.3) is 0 Å². The van der Waals surface area contributed by atoms with Crippen LogP contribution in [0.15, 0.2) is 24.3 Å². The number of nitrogens with one attached hydrogen (secondary N) is 1. The van der Waals surface area contributed by atoms with Crippen LogP contribution in [-0.4, -0.2) is 20.3 Å². The van der Waals surface area contributed by atoms with Crippen molar-refractivity contribution in [1.29, 1.82) is 5.26 Å². The van der Waals surface area contributed by atoms with Crippen molar-refractivity contribution in [2.24, 2.45) is 5.41 Å². The van der Waals surface area contributed by atoms with Crippen LogP contribution < -0.4 is 5.32 Å². The molecule has 0 bridgehead atoms. The second-order valence-electron chi connectivity index (χ2n) is 4.04. The van der Waals surface area contributed by atoms with Gasteiger partial charge in [-0.25, -0.2) is 4.39 Å². The average Bonchev–Trinajstić information content (AvgIpc) is 2.23. The lowest BCUT2D eigenvalue weighted by atomic mass is 9.76. The second kappa shape index (κ2) is 4.20. The number of nitriles is 1. The van der Waals surface area contributed by atoms with Crippen LogP contribution >= 0.6 is 0 Å². The molecule has 1 unspecified atom stereocenters. The van der Waals surface area contributed by atoms with Crippen molar-refractivity contribution < 1.29 is 9.13 Å². The fraction of sp³-hybridized carbons (Fsp3) is 0.417. The summed E-state index contributed by atoms with van der Waals surface area (Å²) in [6.45, 7) is 0.789. The SMILES string of the molecule is CNC(c1cccc(F)c1)C1(C#N)COC1. The fourth-order valence-corrected chi connectivity index (χ4v) is 2.07. The van der Waals surface area contributed by atoms with Gasteiger partial charge in [0.05, 0.1) is 25.3 Å². The summed E-state index contributed by atoms with van der Waals surface area (Å²) in [7, 11) is 1.77. The van der Waals surface area contributed by atoms with E-state index in [-0.39, 0.29) is 11.9 Å². The van der Waals surface area contributed by atoms with E-state index in [4.69, 9.17) is 4.74 Å². The number of hydrogen-bond acceptors (Lipinski definition) is 3. The van der Waals surface area contributed by atoms with E-state index in [0.717, 1.165) is 5.56 Å². The average molecular weight is 220 g/mol. The minimum atomic E-state index is -0.567. The van der Waals surface area contributed by atoms with E-state index < -0.39 is 5.41 Å². The first kappa shape index (κ1) is 11.1. The van der Waals surface area contributed by atoms with Crippen molar-refractivity contribution >= 4 is 0 Å². The number of rotatable bonds is 3. The zero-order valence-corrected chi connectivity index (χ0v) is 9.03. The molecule has 1 aliphatic rings. The van der Waals surface area contributed by atoms with Gasteiger partial charge < -0.3 is 10.1 Å². The molecule has 1 fully saturated rings. The van der Waals surface area contributed by atoms with Crippen molar-refractivity contribution in [1.82, 2.24) is 5.32 Å². The summed E-state index contributed by atoms with van der Waals surface area (Å²) in [6.07, 6.45) is 0. The van der Waals surface area contributed by atoms with E-state index in [0.29, 0.717) is 13.2 Å². The highest BCUT2D eigenvalue weighted by Crippen LogP contribution is 2.39. The largest absolute Gasteiger partial charge is 0.378 e. The van der Waals surface area contributed by atoms with E-state index in [1.165, 1.54) is 12.1 Å². The second-order valence-corrected chi connectivity index (χ2v) is 4.04. The summed E-state index contributed by atoms with van der Waals surface area (Å²) in [5, 5.41) is 12.3. The van der Waals surface area contributed by atoms with Crippen molar-refractivity contribution in [3.05, 3.63) is 35.6 Å². The summed E-state index contributed by atoms with van der Waals surface area (Å²) in [4.78, 5) is 0. The number of nitrogens with zero attached hydrogens (tertiary/aromatic N) is 1. The Kier molecular flexibility index (Phi) is 2.90. The zero-order valence-electron chi connectivity index (χ0n) is 9.03. The molecule has 1 aromatic rings. The van der Waals surface area contributed by atoms with Gasteiger partial charge >= 0.3 is 0 Å². The molecule has 4 heteroatoms. The molecule has 0 aromatic heterocycles. The lowest BCUT2D eigenvalue weighted by Crippen LogP contribution is -2.50. The quantitative estimate of drug-likeness (QED) is 0.842. The molecule has 1 N–H and O–H groups in total. The Bertz CT molecular complexity index is 423. The highest BCUT2D eigenvalue weighted by molar-refractivity contribution is 5.27. The van der Waals surface area contributed by atoms with Crippen molar-refractivity contribution in [2.45, 2.75) is 6.04 Å². The lowest BCUT2D eigenvalue weighted by molar-refractivity contribution is -0.0964.